The van der Waals surface area contributed by atoms with Crippen molar-refractivity contribution in [3.8, 4) is 0 Å². The molecule has 0 bridgehead atoms. The van der Waals surface area contributed by atoms with E-state index in [1.165, 1.54) is 0 Å². The van der Waals surface area contributed by atoms with E-state index in [2.05, 4.69) is 33.0 Å². The van der Waals surface area contributed by atoms with Gasteiger partial charge in [0.2, 0.25) is 0 Å². The lowest BCUT2D eigenvalue weighted by molar-refractivity contribution is -0.139. The van der Waals surface area contributed by atoms with Gasteiger partial charge in [0, 0.05) is 0 Å². The van der Waals surface area contributed by atoms with Gasteiger partial charge in [-0.25, -0.2) is 0 Å². The van der Waals surface area contributed by atoms with Gasteiger partial charge in [-0.05, 0) is 23.5 Å². The highest BCUT2D eigenvalue weighted by atomic mass is 32.2. The largest absolute Gasteiger partial charge is 0.480 e. The van der Waals surface area contributed by atoms with Gasteiger partial charge < -0.3 is 5.11 Å². The Labute approximate surface area is 96.0 Å². The number of thioether (sulfide) groups is 1. The van der Waals surface area contributed by atoms with Gasteiger partial charge in [-0.1, -0.05) is 27.7 Å². The van der Waals surface area contributed by atoms with Gasteiger partial charge in [-0.2, -0.15) is 0 Å². The summed E-state index contributed by atoms with van der Waals surface area (Å²) >= 11 is 1.84. The van der Waals surface area contributed by atoms with Crippen LogP contribution < -0.4 is 5.32 Å². The number of hydrogen-bond acceptors (Lipinski definition) is 3. The first kappa shape index (κ1) is 12.8. The Kier molecular flexibility index (Phi) is 4.06. The van der Waals surface area contributed by atoms with Crippen molar-refractivity contribution >= 4 is 17.7 Å². The second-order valence-electron chi connectivity index (χ2n) is 5.29. The summed E-state index contributed by atoms with van der Waals surface area (Å²) in [7, 11) is 0. The van der Waals surface area contributed by atoms with Crippen molar-refractivity contribution in [1.82, 2.24) is 5.32 Å². The standard InChI is InChI=1S/C11H21NO2S/c1-7(11(2,3)4)9-12-8(10(13)14)5-6-15-9/h7-9,12H,5-6H2,1-4H3,(H,13,14). The normalized spacial score (nSPS) is 29.9. The third-order valence-corrected chi connectivity index (χ3v) is 4.56. The molecule has 1 aliphatic rings. The molecule has 1 saturated heterocycles. The van der Waals surface area contributed by atoms with E-state index < -0.39 is 5.97 Å². The summed E-state index contributed by atoms with van der Waals surface area (Å²) in [6, 6.07) is -0.360. The lowest BCUT2D eigenvalue weighted by Gasteiger charge is -2.38. The van der Waals surface area contributed by atoms with Crippen molar-refractivity contribution in [2.24, 2.45) is 11.3 Å². The predicted octanol–water partition coefficient (Wildman–Crippen LogP) is 2.17. The molecule has 1 aliphatic heterocycles. The lowest BCUT2D eigenvalue weighted by Crippen LogP contribution is -2.50. The van der Waals surface area contributed by atoms with Gasteiger partial charge in [-0.3, -0.25) is 10.1 Å². The van der Waals surface area contributed by atoms with Gasteiger partial charge in [0.05, 0.1) is 5.37 Å². The first-order chi connectivity index (χ1) is 6.82. The molecule has 1 rings (SSSR count). The molecule has 15 heavy (non-hydrogen) atoms. The van der Waals surface area contributed by atoms with Gasteiger partial charge in [0.15, 0.2) is 0 Å². The zero-order chi connectivity index (χ0) is 11.6. The molecule has 0 aromatic rings. The molecule has 0 aromatic carbocycles. The Balaban J connectivity index is 2.60. The van der Waals surface area contributed by atoms with Crippen molar-refractivity contribution in [3.63, 3.8) is 0 Å². The average Bonchev–Trinajstić information content (AvgIpc) is 2.15. The summed E-state index contributed by atoms with van der Waals surface area (Å²) in [4.78, 5) is 10.9. The molecule has 0 saturated carbocycles. The molecule has 2 N–H and O–H groups in total. The van der Waals surface area contributed by atoms with Gasteiger partial charge >= 0.3 is 5.97 Å². The molecule has 0 radical (unpaired) electrons. The fraction of sp³-hybridized carbons (Fsp3) is 0.909. The zero-order valence-electron chi connectivity index (χ0n) is 9.91. The maximum absolute atomic E-state index is 10.9. The SMILES string of the molecule is CC(C1NC(C(=O)O)CCS1)C(C)(C)C. The average molecular weight is 231 g/mol. The number of rotatable bonds is 2. The summed E-state index contributed by atoms with van der Waals surface area (Å²) in [6.45, 7) is 8.79. The van der Waals surface area contributed by atoms with Crippen molar-refractivity contribution in [2.75, 3.05) is 5.75 Å². The molecule has 0 amide bonds. The quantitative estimate of drug-likeness (QED) is 0.765. The number of nitrogens with one attached hydrogen (secondary N) is 1. The molecular formula is C11H21NO2S. The third-order valence-electron chi connectivity index (χ3n) is 3.19. The van der Waals surface area contributed by atoms with Crippen molar-refractivity contribution in [3.05, 3.63) is 0 Å². The summed E-state index contributed by atoms with van der Waals surface area (Å²) in [5, 5.41) is 12.5. The first-order valence-electron chi connectivity index (χ1n) is 5.43. The molecule has 88 valence electrons. The molecular weight excluding hydrogens is 210 g/mol. The Bertz CT molecular complexity index is 237. The van der Waals surface area contributed by atoms with Crippen molar-refractivity contribution in [1.29, 1.82) is 0 Å². The highest BCUT2D eigenvalue weighted by Gasteiger charge is 2.34. The number of aliphatic carboxylic acids is 1. The number of carboxylic acids is 1. The maximum atomic E-state index is 10.9. The van der Waals surface area contributed by atoms with Crippen molar-refractivity contribution in [2.45, 2.75) is 45.5 Å². The van der Waals surface area contributed by atoms with Crippen LogP contribution in [0.25, 0.3) is 0 Å². The van der Waals surface area contributed by atoms with Gasteiger partial charge in [0.1, 0.15) is 6.04 Å². The van der Waals surface area contributed by atoms with Crippen LogP contribution in [0.2, 0.25) is 0 Å². The molecule has 0 aromatic heterocycles. The van der Waals surface area contributed by atoms with Crippen LogP contribution in [0.5, 0.6) is 0 Å². The Morgan fingerprint density at radius 1 is 1.53 bits per heavy atom. The van der Waals surface area contributed by atoms with E-state index in [1.54, 1.807) is 0 Å². The van der Waals surface area contributed by atoms with E-state index in [0.29, 0.717) is 5.92 Å². The number of carbonyl (C=O) groups is 1. The van der Waals surface area contributed by atoms with Crippen LogP contribution in [0.4, 0.5) is 0 Å². The summed E-state index contributed by atoms with van der Waals surface area (Å²) < 4.78 is 0. The van der Waals surface area contributed by atoms with E-state index in [-0.39, 0.29) is 16.8 Å². The van der Waals surface area contributed by atoms with E-state index in [4.69, 9.17) is 5.11 Å². The second-order valence-corrected chi connectivity index (χ2v) is 6.54. The summed E-state index contributed by atoms with van der Waals surface area (Å²) in [6.07, 6.45) is 0.730. The van der Waals surface area contributed by atoms with E-state index >= 15 is 0 Å². The second kappa shape index (κ2) is 4.74. The van der Waals surface area contributed by atoms with Gasteiger partial charge in [-0.15, -0.1) is 11.8 Å². The Morgan fingerprint density at radius 2 is 2.13 bits per heavy atom. The fourth-order valence-electron chi connectivity index (χ4n) is 1.58. The molecule has 1 heterocycles. The topological polar surface area (TPSA) is 49.3 Å². The molecule has 1 fully saturated rings. The lowest BCUT2D eigenvalue weighted by atomic mass is 9.81. The molecule has 3 atom stereocenters. The molecule has 0 aliphatic carbocycles. The first-order valence-corrected chi connectivity index (χ1v) is 6.47. The molecule has 3 unspecified atom stereocenters. The maximum Gasteiger partial charge on any atom is 0.320 e. The Morgan fingerprint density at radius 3 is 2.60 bits per heavy atom. The fourth-order valence-corrected chi connectivity index (χ4v) is 3.16. The Hall–Kier alpha value is -0.220. The number of hydrogen-bond donors (Lipinski definition) is 2. The smallest absolute Gasteiger partial charge is 0.320 e. The van der Waals surface area contributed by atoms with Crippen LogP contribution in [-0.4, -0.2) is 28.2 Å². The summed E-state index contributed by atoms with van der Waals surface area (Å²) in [5.41, 5.74) is 0.213. The van der Waals surface area contributed by atoms with E-state index in [1.807, 2.05) is 11.8 Å². The van der Waals surface area contributed by atoms with Crippen molar-refractivity contribution < 1.29 is 9.90 Å². The third kappa shape index (κ3) is 3.38. The van der Waals surface area contributed by atoms with Crippen LogP contribution >= 0.6 is 11.8 Å². The predicted molar refractivity (Wildman–Crippen MR) is 64.0 cm³/mol. The minimum atomic E-state index is -0.721. The molecule has 0 spiro atoms. The van der Waals surface area contributed by atoms with Crippen LogP contribution in [0.1, 0.15) is 34.1 Å². The minimum absolute atomic E-state index is 0.213. The van der Waals surface area contributed by atoms with Crippen LogP contribution in [0, 0.1) is 11.3 Å². The van der Waals surface area contributed by atoms with E-state index in [9.17, 15) is 4.79 Å². The van der Waals surface area contributed by atoms with Crippen LogP contribution in [0.15, 0.2) is 0 Å². The highest BCUT2D eigenvalue weighted by molar-refractivity contribution is 7.99. The monoisotopic (exact) mass is 231 g/mol. The van der Waals surface area contributed by atoms with Crippen LogP contribution in [-0.2, 0) is 4.79 Å². The zero-order valence-corrected chi connectivity index (χ0v) is 10.7. The van der Waals surface area contributed by atoms with Gasteiger partial charge in [0.25, 0.3) is 0 Å². The number of carboxylic acid groups (broad SMARTS) is 1. The highest BCUT2D eigenvalue weighted by Crippen LogP contribution is 2.35. The van der Waals surface area contributed by atoms with Crippen LogP contribution in [0.3, 0.4) is 0 Å². The minimum Gasteiger partial charge on any atom is -0.480 e. The molecule has 3 nitrogen and oxygen atoms in total. The molecule has 4 heteroatoms. The van der Waals surface area contributed by atoms with E-state index in [0.717, 1.165) is 12.2 Å². The summed E-state index contributed by atoms with van der Waals surface area (Å²) in [5.74, 6) is 0.681.